The van der Waals surface area contributed by atoms with Crippen LogP contribution < -0.4 is 0 Å². The highest BCUT2D eigenvalue weighted by atomic mass is 32.2. The van der Waals surface area contributed by atoms with Crippen LogP contribution in [0.4, 0.5) is 0 Å². The van der Waals surface area contributed by atoms with Crippen molar-refractivity contribution in [3.63, 3.8) is 0 Å². The van der Waals surface area contributed by atoms with Gasteiger partial charge in [0.15, 0.2) is 0 Å². The highest BCUT2D eigenvalue weighted by molar-refractivity contribution is 8.01. The summed E-state index contributed by atoms with van der Waals surface area (Å²) in [5.41, 5.74) is 0. The molecule has 0 saturated heterocycles. The molecule has 0 N–H and O–H groups in total. The average molecular weight is 258 g/mol. The first-order valence-electron chi connectivity index (χ1n) is 6.81. The van der Waals surface area contributed by atoms with Gasteiger partial charge in [0, 0.05) is 12.8 Å². The van der Waals surface area contributed by atoms with Crippen LogP contribution in [0, 0.1) is 0 Å². The summed E-state index contributed by atoms with van der Waals surface area (Å²) in [4.78, 5) is 23.7. The quantitative estimate of drug-likeness (QED) is 0.593. The fourth-order valence-electron chi connectivity index (χ4n) is 1.81. The molecule has 2 unspecified atom stereocenters. The van der Waals surface area contributed by atoms with Gasteiger partial charge in [-0.1, -0.05) is 27.7 Å². The van der Waals surface area contributed by atoms with E-state index in [1.807, 2.05) is 27.7 Å². The number of ketones is 2. The highest BCUT2D eigenvalue weighted by Crippen LogP contribution is 2.26. The Kier molecular flexibility index (Phi) is 9.52. The number of carbonyl (C=O) groups excluding carboxylic acids is 2. The minimum absolute atomic E-state index is 0.0145. The summed E-state index contributed by atoms with van der Waals surface area (Å²) in [6, 6.07) is 0. The molecule has 0 aliphatic carbocycles. The maximum atomic E-state index is 11.9. The number of hydrogen-bond acceptors (Lipinski definition) is 3. The Morgan fingerprint density at radius 1 is 0.824 bits per heavy atom. The molecule has 0 aliphatic rings. The van der Waals surface area contributed by atoms with E-state index < -0.39 is 0 Å². The lowest BCUT2D eigenvalue weighted by Crippen LogP contribution is -2.24. The molecule has 0 radical (unpaired) electrons. The van der Waals surface area contributed by atoms with Crippen molar-refractivity contribution in [2.24, 2.45) is 0 Å². The summed E-state index contributed by atoms with van der Waals surface area (Å²) >= 11 is 1.59. The van der Waals surface area contributed by atoms with E-state index in [-0.39, 0.29) is 10.5 Å². The minimum Gasteiger partial charge on any atom is -0.298 e. The molecule has 100 valence electrons. The van der Waals surface area contributed by atoms with Gasteiger partial charge < -0.3 is 0 Å². The van der Waals surface area contributed by atoms with Crippen molar-refractivity contribution in [3.8, 4) is 0 Å². The molecule has 0 spiro atoms. The molecule has 0 amide bonds. The fourth-order valence-corrected chi connectivity index (χ4v) is 3.13. The van der Waals surface area contributed by atoms with Gasteiger partial charge >= 0.3 is 0 Å². The van der Waals surface area contributed by atoms with Gasteiger partial charge in [-0.05, 0) is 25.7 Å². The SMILES string of the molecule is CCCC(=O)C(CC)SC(CC)C(=O)CCC. The first-order valence-corrected chi connectivity index (χ1v) is 7.75. The van der Waals surface area contributed by atoms with E-state index >= 15 is 0 Å². The average Bonchev–Trinajstić information content (AvgIpc) is 2.31. The Labute approximate surface area is 110 Å². The Balaban J connectivity index is 4.40. The number of Topliss-reactive ketones (excluding diaryl/α,β-unsaturated/α-hetero) is 2. The Morgan fingerprint density at radius 3 is 1.41 bits per heavy atom. The molecular weight excluding hydrogens is 232 g/mol. The first kappa shape index (κ1) is 16.7. The summed E-state index contributed by atoms with van der Waals surface area (Å²) in [5, 5.41) is 0.0291. The molecule has 0 bridgehead atoms. The summed E-state index contributed by atoms with van der Waals surface area (Å²) in [7, 11) is 0. The van der Waals surface area contributed by atoms with Crippen molar-refractivity contribution in [2.75, 3.05) is 0 Å². The van der Waals surface area contributed by atoms with Crippen molar-refractivity contribution in [1.29, 1.82) is 0 Å². The van der Waals surface area contributed by atoms with Crippen LogP contribution in [0.5, 0.6) is 0 Å². The van der Waals surface area contributed by atoms with Crippen LogP contribution in [-0.4, -0.2) is 22.1 Å². The molecule has 2 atom stereocenters. The van der Waals surface area contributed by atoms with E-state index in [1.54, 1.807) is 11.8 Å². The van der Waals surface area contributed by atoms with Crippen LogP contribution in [0.15, 0.2) is 0 Å². The second-order valence-electron chi connectivity index (χ2n) is 4.36. The zero-order valence-electron chi connectivity index (χ0n) is 11.6. The zero-order chi connectivity index (χ0) is 13.3. The molecule has 2 nitrogen and oxygen atoms in total. The van der Waals surface area contributed by atoms with Crippen molar-refractivity contribution in [1.82, 2.24) is 0 Å². The van der Waals surface area contributed by atoms with Gasteiger partial charge in [0.1, 0.15) is 11.6 Å². The van der Waals surface area contributed by atoms with Gasteiger partial charge in [-0.3, -0.25) is 9.59 Å². The van der Waals surface area contributed by atoms with Gasteiger partial charge in [-0.2, -0.15) is 0 Å². The molecule has 0 aromatic heterocycles. The van der Waals surface area contributed by atoms with E-state index in [4.69, 9.17) is 0 Å². The third-order valence-electron chi connectivity index (χ3n) is 2.78. The Morgan fingerprint density at radius 2 is 1.18 bits per heavy atom. The van der Waals surface area contributed by atoms with E-state index in [0.29, 0.717) is 24.4 Å². The normalized spacial score (nSPS) is 14.4. The zero-order valence-corrected chi connectivity index (χ0v) is 12.4. The predicted molar refractivity (Wildman–Crippen MR) is 75.6 cm³/mol. The Bertz CT molecular complexity index is 214. The molecule has 0 saturated carbocycles. The molecule has 3 heteroatoms. The molecule has 0 heterocycles. The van der Waals surface area contributed by atoms with Crippen molar-refractivity contribution in [3.05, 3.63) is 0 Å². The molecule has 0 rings (SSSR count). The lowest BCUT2D eigenvalue weighted by atomic mass is 10.1. The smallest absolute Gasteiger partial charge is 0.145 e. The molecule has 0 aromatic rings. The van der Waals surface area contributed by atoms with Crippen molar-refractivity contribution < 1.29 is 9.59 Å². The monoisotopic (exact) mass is 258 g/mol. The summed E-state index contributed by atoms with van der Waals surface area (Å²) in [5.74, 6) is 0.616. The molecule has 0 fully saturated rings. The third kappa shape index (κ3) is 6.25. The lowest BCUT2D eigenvalue weighted by molar-refractivity contribution is -0.118. The Hall–Kier alpha value is -0.310. The van der Waals surface area contributed by atoms with E-state index in [0.717, 1.165) is 25.7 Å². The van der Waals surface area contributed by atoms with Crippen molar-refractivity contribution >= 4 is 23.3 Å². The van der Waals surface area contributed by atoms with Crippen LogP contribution >= 0.6 is 11.8 Å². The van der Waals surface area contributed by atoms with Gasteiger partial charge in [0.05, 0.1) is 10.5 Å². The van der Waals surface area contributed by atoms with Gasteiger partial charge in [0.2, 0.25) is 0 Å². The largest absolute Gasteiger partial charge is 0.298 e. The van der Waals surface area contributed by atoms with Gasteiger partial charge in [-0.15, -0.1) is 11.8 Å². The molecule has 17 heavy (non-hydrogen) atoms. The van der Waals surface area contributed by atoms with Crippen LogP contribution in [0.2, 0.25) is 0 Å². The summed E-state index contributed by atoms with van der Waals surface area (Å²) in [6.07, 6.45) is 4.75. The van der Waals surface area contributed by atoms with E-state index in [1.165, 1.54) is 0 Å². The first-order chi connectivity index (χ1) is 8.10. The third-order valence-corrected chi connectivity index (χ3v) is 4.63. The van der Waals surface area contributed by atoms with Crippen LogP contribution in [0.1, 0.15) is 66.2 Å². The number of hydrogen-bond donors (Lipinski definition) is 0. The summed E-state index contributed by atoms with van der Waals surface area (Å²) in [6.45, 7) is 8.11. The van der Waals surface area contributed by atoms with Crippen LogP contribution in [0.25, 0.3) is 0 Å². The van der Waals surface area contributed by atoms with Gasteiger partial charge in [-0.25, -0.2) is 0 Å². The van der Waals surface area contributed by atoms with Crippen LogP contribution in [0.3, 0.4) is 0 Å². The second kappa shape index (κ2) is 9.69. The topological polar surface area (TPSA) is 34.1 Å². The number of carbonyl (C=O) groups is 2. The lowest BCUT2D eigenvalue weighted by Gasteiger charge is -2.19. The standard InChI is InChI=1S/C14H26O2S/c1-5-9-11(15)13(7-3)17-14(8-4)12(16)10-6-2/h13-14H,5-10H2,1-4H3. The van der Waals surface area contributed by atoms with Crippen molar-refractivity contribution in [2.45, 2.75) is 76.7 Å². The number of thioether (sulfide) groups is 1. The van der Waals surface area contributed by atoms with Gasteiger partial charge in [0.25, 0.3) is 0 Å². The maximum absolute atomic E-state index is 11.9. The van der Waals surface area contributed by atoms with E-state index in [9.17, 15) is 9.59 Å². The highest BCUT2D eigenvalue weighted by Gasteiger charge is 2.24. The number of rotatable bonds is 10. The second-order valence-corrected chi connectivity index (χ2v) is 5.77. The minimum atomic E-state index is 0.0145. The fraction of sp³-hybridized carbons (Fsp3) is 0.857. The predicted octanol–water partition coefficient (Wildman–Crippen LogP) is 4.02. The molecule has 0 aromatic carbocycles. The summed E-state index contributed by atoms with van der Waals surface area (Å²) < 4.78 is 0. The van der Waals surface area contributed by atoms with E-state index in [2.05, 4.69) is 0 Å². The molecule has 0 aliphatic heterocycles. The molecular formula is C14H26O2S. The van der Waals surface area contributed by atoms with Crippen LogP contribution in [-0.2, 0) is 9.59 Å². The maximum Gasteiger partial charge on any atom is 0.145 e.